The number of aliphatic imine (C=N–C) groups is 1. The highest BCUT2D eigenvalue weighted by Crippen LogP contribution is 2.13. The van der Waals surface area contributed by atoms with E-state index >= 15 is 0 Å². The zero-order valence-corrected chi connectivity index (χ0v) is 11.9. The fourth-order valence-electron chi connectivity index (χ4n) is 1.42. The Morgan fingerprint density at radius 2 is 2.00 bits per heavy atom. The molecule has 0 bridgehead atoms. The fourth-order valence-corrected chi connectivity index (χ4v) is 1.42. The highest BCUT2D eigenvalue weighted by atomic mass is 19.1. The van der Waals surface area contributed by atoms with Crippen LogP contribution in [0.25, 0.3) is 0 Å². The minimum atomic E-state index is -1.13. The fraction of sp³-hybridized carbons (Fsp3) is 0.333. The van der Waals surface area contributed by atoms with E-state index in [4.69, 9.17) is 0 Å². The molecule has 0 radical (unpaired) electrons. The van der Waals surface area contributed by atoms with E-state index in [1.165, 1.54) is 18.4 Å². The van der Waals surface area contributed by atoms with Crippen molar-refractivity contribution in [1.82, 2.24) is 5.01 Å². The first-order valence-corrected chi connectivity index (χ1v) is 5.99. The van der Waals surface area contributed by atoms with Crippen molar-refractivity contribution in [3.8, 4) is 0 Å². The molecule has 0 aromatic carbocycles. The van der Waals surface area contributed by atoms with Crippen LogP contribution in [0.5, 0.6) is 0 Å². The van der Waals surface area contributed by atoms with E-state index in [9.17, 15) is 4.39 Å². The highest BCUT2D eigenvalue weighted by molar-refractivity contribution is 5.64. The Hall–Kier alpha value is -1.97. The lowest BCUT2D eigenvalue weighted by Gasteiger charge is -2.17. The third-order valence-corrected chi connectivity index (χ3v) is 2.58. The van der Waals surface area contributed by atoms with E-state index in [1.807, 2.05) is 0 Å². The van der Waals surface area contributed by atoms with Gasteiger partial charge in [-0.3, -0.25) is 10.0 Å². The maximum Gasteiger partial charge on any atom is 0.129 e. The normalized spacial score (nSPS) is 16.0. The lowest BCUT2D eigenvalue weighted by Crippen LogP contribution is -2.16. The molecule has 0 rings (SSSR count). The van der Waals surface area contributed by atoms with Crippen LogP contribution in [0, 0.1) is 5.92 Å². The second kappa shape index (κ2) is 9.03. The maximum absolute atomic E-state index is 13.7. The second-order valence-electron chi connectivity index (χ2n) is 3.90. The second-order valence-corrected chi connectivity index (χ2v) is 3.90. The van der Waals surface area contributed by atoms with Gasteiger partial charge in [0.2, 0.25) is 0 Å². The van der Waals surface area contributed by atoms with Gasteiger partial charge in [0.05, 0.1) is 11.4 Å². The van der Waals surface area contributed by atoms with Gasteiger partial charge in [-0.2, -0.15) is 5.10 Å². The zero-order valence-electron chi connectivity index (χ0n) is 11.9. The van der Waals surface area contributed by atoms with Crippen molar-refractivity contribution in [1.29, 1.82) is 0 Å². The first kappa shape index (κ1) is 17.0. The first-order valence-electron chi connectivity index (χ1n) is 5.99. The molecule has 3 nitrogen and oxygen atoms in total. The molecular formula is C15H22FN3. The van der Waals surface area contributed by atoms with E-state index < -0.39 is 12.1 Å². The Morgan fingerprint density at radius 3 is 2.42 bits per heavy atom. The minimum absolute atomic E-state index is 0.471. The summed E-state index contributed by atoms with van der Waals surface area (Å²) in [5.41, 5.74) is 1.42. The van der Waals surface area contributed by atoms with Crippen LogP contribution >= 0.6 is 0 Å². The highest BCUT2D eigenvalue weighted by Gasteiger charge is 2.12. The van der Waals surface area contributed by atoms with Gasteiger partial charge in [-0.05, 0) is 26.6 Å². The molecule has 0 aliphatic rings. The number of rotatable bonds is 8. The molecule has 2 unspecified atom stereocenters. The van der Waals surface area contributed by atoms with E-state index in [0.29, 0.717) is 5.70 Å². The summed E-state index contributed by atoms with van der Waals surface area (Å²) in [7, 11) is 1.74. The van der Waals surface area contributed by atoms with Crippen molar-refractivity contribution in [3.05, 3.63) is 48.9 Å². The number of likely N-dealkylation sites (N-methyl/N-ethyl adjacent to an activating group) is 1. The van der Waals surface area contributed by atoms with Crippen LogP contribution in [-0.4, -0.2) is 31.2 Å². The molecule has 2 atom stereocenters. The van der Waals surface area contributed by atoms with Crippen molar-refractivity contribution in [2.24, 2.45) is 16.0 Å². The summed E-state index contributed by atoms with van der Waals surface area (Å²) >= 11 is 0. The SMILES string of the molecule is C=C/C(=C(/C)N=C)N(C)/N=C/C(C=C)C(F)/C=C/C. The van der Waals surface area contributed by atoms with Crippen molar-refractivity contribution in [2.75, 3.05) is 7.05 Å². The van der Waals surface area contributed by atoms with Crippen LogP contribution in [0.2, 0.25) is 0 Å². The molecule has 0 aromatic heterocycles. The zero-order chi connectivity index (χ0) is 14.8. The number of nitrogens with zero attached hydrogens (tertiary/aromatic N) is 3. The molecule has 4 heteroatoms. The minimum Gasteiger partial charge on any atom is -0.267 e. The average Bonchev–Trinajstić information content (AvgIpc) is 2.40. The average molecular weight is 263 g/mol. The summed E-state index contributed by atoms with van der Waals surface area (Å²) in [5, 5.41) is 5.76. The van der Waals surface area contributed by atoms with Gasteiger partial charge in [0.15, 0.2) is 0 Å². The topological polar surface area (TPSA) is 28.0 Å². The Labute approximate surface area is 115 Å². The van der Waals surface area contributed by atoms with Gasteiger partial charge < -0.3 is 0 Å². The Balaban J connectivity index is 5.00. The largest absolute Gasteiger partial charge is 0.267 e. The third kappa shape index (κ3) is 5.46. The molecule has 0 aliphatic carbocycles. The van der Waals surface area contributed by atoms with Crippen LogP contribution in [0.3, 0.4) is 0 Å². The van der Waals surface area contributed by atoms with Gasteiger partial charge in [-0.15, -0.1) is 6.58 Å². The number of hydrogen-bond donors (Lipinski definition) is 0. The Bertz CT molecular complexity index is 408. The summed E-state index contributed by atoms with van der Waals surface area (Å²) in [6.07, 6.45) is 6.67. The first-order chi connectivity index (χ1) is 9.01. The molecule has 0 heterocycles. The molecule has 0 aliphatic heterocycles. The number of hydrogen-bond acceptors (Lipinski definition) is 3. The van der Waals surface area contributed by atoms with Crippen LogP contribution in [0.4, 0.5) is 4.39 Å². The quantitative estimate of drug-likeness (QED) is 0.284. The number of hydrazone groups is 1. The third-order valence-electron chi connectivity index (χ3n) is 2.58. The molecule has 0 saturated carbocycles. The Morgan fingerprint density at radius 1 is 1.37 bits per heavy atom. The van der Waals surface area contributed by atoms with Crippen molar-refractivity contribution >= 4 is 12.9 Å². The summed E-state index contributed by atoms with van der Waals surface area (Å²) < 4.78 is 13.7. The van der Waals surface area contributed by atoms with Crippen LogP contribution in [0.1, 0.15) is 13.8 Å². The molecule has 0 aromatic rings. The molecule has 19 heavy (non-hydrogen) atoms. The molecule has 0 saturated heterocycles. The molecule has 0 N–H and O–H groups in total. The van der Waals surface area contributed by atoms with Gasteiger partial charge in [0, 0.05) is 19.2 Å². The van der Waals surface area contributed by atoms with Gasteiger partial charge in [-0.25, -0.2) is 4.39 Å². The van der Waals surface area contributed by atoms with Crippen LogP contribution < -0.4 is 0 Å². The maximum atomic E-state index is 13.7. The van der Waals surface area contributed by atoms with Gasteiger partial charge in [0.1, 0.15) is 6.17 Å². The molecule has 0 fully saturated rings. The molecular weight excluding hydrogens is 241 g/mol. The standard InChI is InChI=1S/C15H22FN3/c1-7-10-14(16)13(8-2)11-18-19(6)15(9-3)12(4)17-5/h7-11,13-14H,2-3,5H2,1,4,6H3/b10-7+,15-12+,18-11+. The smallest absolute Gasteiger partial charge is 0.129 e. The van der Waals surface area contributed by atoms with Gasteiger partial charge in [0.25, 0.3) is 0 Å². The predicted octanol–water partition coefficient (Wildman–Crippen LogP) is 3.74. The number of alkyl halides is 1. The van der Waals surface area contributed by atoms with Gasteiger partial charge in [-0.1, -0.05) is 24.8 Å². The Kier molecular flexibility index (Phi) is 8.09. The summed E-state index contributed by atoms with van der Waals surface area (Å²) in [6.45, 7) is 14.3. The van der Waals surface area contributed by atoms with Crippen molar-refractivity contribution < 1.29 is 4.39 Å². The van der Waals surface area contributed by atoms with E-state index in [2.05, 4.69) is 30.0 Å². The van der Waals surface area contributed by atoms with E-state index in [0.717, 1.165) is 5.70 Å². The van der Waals surface area contributed by atoms with Crippen molar-refractivity contribution in [3.63, 3.8) is 0 Å². The molecule has 104 valence electrons. The lowest BCUT2D eigenvalue weighted by atomic mass is 10.1. The summed E-state index contributed by atoms with van der Waals surface area (Å²) in [6, 6.07) is 0. The van der Waals surface area contributed by atoms with E-state index in [-0.39, 0.29) is 0 Å². The van der Waals surface area contributed by atoms with Crippen LogP contribution in [0.15, 0.2) is 58.9 Å². The number of halogens is 1. The summed E-state index contributed by atoms with van der Waals surface area (Å²) in [4.78, 5) is 3.83. The van der Waals surface area contributed by atoms with Gasteiger partial charge >= 0.3 is 0 Å². The van der Waals surface area contributed by atoms with E-state index in [1.54, 1.807) is 38.1 Å². The van der Waals surface area contributed by atoms with Crippen LogP contribution in [-0.2, 0) is 0 Å². The number of allylic oxidation sites excluding steroid dienone is 5. The van der Waals surface area contributed by atoms with Crippen molar-refractivity contribution in [2.45, 2.75) is 20.0 Å². The molecule has 0 amide bonds. The predicted molar refractivity (Wildman–Crippen MR) is 82.1 cm³/mol. The molecule has 0 spiro atoms. The summed E-state index contributed by atoms with van der Waals surface area (Å²) in [5.74, 6) is -0.471. The lowest BCUT2D eigenvalue weighted by molar-refractivity contribution is 0.366. The monoisotopic (exact) mass is 263 g/mol.